The second-order valence-corrected chi connectivity index (χ2v) is 12.9. The van der Waals surface area contributed by atoms with E-state index in [-0.39, 0.29) is 42.0 Å². The van der Waals surface area contributed by atoms with Gasteiger partial charge in [0.05, 0.1) is 23.0 Å². The summed E-state index contributed by atoms with van der Waals surface area (Å²) in [5.41, 5.74) is 1.11. The molecule has 0 aromatic heterocycles. The zero-order valence-corrected chi connectivity index (χ0v) is 18.4. The highest BCUT2D eigenvalue weighted by Gasteiger charge is 2.57. The van der Waals surface area contributed by atoms with Gasteiger partial charge in [0.2, 0.25) is 5.91 Å². The molecule has 2 aliphatic rings. The van der Waals surface area contributed by atoms with Crippen molar-refractivity contribution in [2.24, 2.45) is 5.92 Å². The van der Waals surface area contributed by atoms with Crippen LogP contribution in [0.25, 0.3) is 0 Å². The standard InChI is InChI=1S/C21H24N2O6Si/c1-6-15-11-17-18(13(2)29-30(3,4)5)20(24)22(17)19(15)21(25)28-12-14-7-9-16(10-8-14)23(26)27/h1,7-10,13,17-18H,11-12H2,2-5H3/t13-,17-,18-/m1/s1. The molecule has 0 bridgehead atoms. The molecule has 0 N–H and O–H groups in total. The van der Waals surface area contributed by atoms with Crippen LogP contribution in [0.4, 0.5) is 5.69 Å². The van der Waals surface area contributed by atoms with E-state index in [0.29, 0.717) is 17.6 Å². The van der Waals surface area contributed by atoms with Crippen LogP contribution < -0.4 is 0 Å². The maximum Gasteiger partial charge on any atom is 0.356 e. The minimum Gasteiger partial charge on any atom is -0.456 e. The predicted molar refractivity (Wildman–Crippen MR) is 111 cm³/mol. The summed E-state index contributed by atoms with van der Waals surface area (Å²) in [6.45, 7) is 7.99. The monoisotopic (exact) mass is 428 g/mol. The quantitative estimate of drug-likeness (QED) is 0.165. The Labute approximate surface area is 176 Å². The van der Waals surface area contributed by atoms with Crippen molar-refractivity contribution in [1.29, 1.82) is 0 Å². The highest BCUT2D eigenvalue weighted by Crippen LogP contribution is 2.44. The third-order valence-corrected chi connectivity index (χ3v) is 6.22. The first kappa shape index (κ1) is 21.7. The summed E-state index contributed by atoms with van der Waals surface area (Å²) in [6.07, 6.45) is 5.77. The molecule has 1 aromatic rings. The van der Waals surface area contributed by atoms with Crippen LogP contribution in [-0.2, 0) is 25.4 Å². The lowest BCUT2D eigenvalue weighted by molar-refractivity contribution is -0.384. The first-order valence-corrected chi connectivity index (χ1v) is 13.1. The van der Waals surface area contributed by atoms with Crippen molar-refractivity contribution in [3.05, 3.63) is 51.2 Å². The molecule has 0 saturated carbocycles. The van der Waals surface area contributed by atoms with Gasteiger partial charge >= 0.3 is 5.97 Å². The second kappa shape index (κ2) is 8.05. The molecule has 0 unspecified atom stereocenters. The number of β-lactam (4-membered cyclic amide) rings is 1. The van der Waals surface area contributed by atoms with Crippen LogP contribution in [0.2, 0.25) is 19.6 Å². The van der Waals surface area contributed by atoms with Gasteiger partial charge in [-0.1, -0.05) is 5.92 Å². The van der Waals surface area contributed by atoms with Crippen LogP contribution in [0, 0.1) is 28.4 Å². The molecule has 2 aliphatic heterocycles. The molecule has 1 fully saturated rings. The van der Waals surface area contributed by atoms with Gasteiger partial charge in [-0.3, -0.25) is 14.9 Å². The number of nitrogens with zero attached hydrogens (tertiary/aromatic N) is 2. The fourth-order valence-corrected chi connectivity index (χ4v) is 5.20. The minimum absolute atomic E-state index is 0.0482. The van der Waals surface area contributed by atoms with Gasteiger partial charge in [0, 0.05) is 24.1 Å². The molecule has 0 spiro atoms. The SMILES string of the molecule is C#CC1=C(C(=O)OCc2ccc([N+](=O)[O-])cc2)N2C(=O)[C@H]([C@@H](C)O[Si](C)(C)C)[C@H]2C1. The number of esters is 1. The lowest BCUT2D eigenvalue weighted by Gasteiger charge is -2.47. The maximum absolute atomic E-state index is 12.8. The number of benzene rings is 1. The maximum atomic E-state index is 12.8. The zero-order valence-electron chi connectivity index (χ0n) is 17.4. The Morgan fingerprint density at radius 1 is 1.37 bits per heavy atom. The van der Waals surface area contributed by atoms with Crippen LogP contribution in [0.3, 0.4) is 0 Å². The number of hydrogen-bond acceptors (Lipinski definition) is 6. The number of ether oxygens (including phenoxy) is 1. The van der Waals surface area contributed by atoms with Crippen molar-refractivity contribution in [2.45, 2.75) is 51.7 Å². The number of fused-ring (bicyclic) bond motifs is 1. The largest absolute Gasteiger partial charge is 0.456 e. The van der Waals surface area contributed by atoms with Gasteiger partial charge in [-0.2, -0.15) is 0 Å². The molecule has 3 rings (SSSR count). The third kappa shape index (κ3) is 4.15. The number of non-ortho nitro benzene ring substituents is 1. The molecular weight excluding hydrogens is 404 g/mol. The summed E-state index contributed by atoms with van der Waals surface area (Å²) >= 11 is 0. The van der Waals surface area contributed by atoms with Crippen LogP contribution in [0.15, 0.2) is 35.5 Å². The van der Waals surface area contributed by atoms with E-state index in [2.05, 4.69) is 25.6 Å². The Balaban J connectivity index is 1.68. The summed E-state index contributed by atoms with van der Waals surface area (Å²) in [5, 5.41) is 10.7. The second-order valence-electron chi connectivity index (χ2n) is 8.41. The first-order valence-electron chi connectivity index (χ1n) is 9.64. The molecule has 2 heterocycles. The van der Waals surface area contributed by atoms with Gasteiger partial charge in [0.1, 0.15) is 12.3 Å². The molecule has 3 atom stereocenters. The number of nitro groups is 1. The summed E-state index contributed by atoms with van der Waals surface area (Å²) in [5.74, 6) is 1.33. The smallest absolute Gasteiger partial charge is 0.356 e. The van der Waals surface area contributed by atoms with Gasteiger partial charge in [0.15, 0.2) is 8.32 Å². The normalized spacial score (nSPS) is 21.6. The molecule has 158 valence electrons. The van der Waals surface area contributed by atoms with Crippen LogP contribution >= 0.6 is 0 Å². The Bertz CT molecular complexity index is 957. The average molecular weight is 429 g/mol. The van der Waals surface area contributed by atoms with Crippen LogP contribution in [0.5, 0.6) is 0 Å². The topological polar surface area (TPSA) is 99.0 Å². The van der Waals surface area contributed by atoms with E-state index in [0.717, 1.165) is 0 Å². The Hall–Kier alpha value is -2.96. The summed E-state index contributed by atoms with van der Waals surface area (Å²) in [6, 6.07) is 5.50. The van der Waals surface area contributed by atoms with Gasteiger partial charge < -0.3 is 14.1 Å². The molecule has 30 heavy (non-hydrogen) atoms. The van der Waals surface area contributed by atoms with Gasteiger partial charge in [-0.15, -0.1) is 6.42 Å². The molecule has 0 radical (unpaired) electrons. The number of carbonyl (C=O) groups excluding carboxylic acids is 2. The van der Waals surface area contributed by atoms with Crippen molar-refractivity contribution in [3.63, 3.8) is 0 Å². The molecule has 1 amide bonds. The van der Waals surface area contributed by atoms with Crippen molar-refractivity contribution in [2.75, 3.05) is 0 Å². The van der Waals surface area contributed by atoms with Gasteiger partial charge in [0.25, 0.3) is 5.69 Å². The zero-order chi connectivity index (χ0) is 22.2. The summed E-state index contributed by atoms with van der Waals surface area (Å²) in [4.78, 5) is 37.2. The number of terminal acetylenes is 1. The Kier molecular flexibility index (Phi) is 5.83. The minimum atomic E-state index is -1.82. The summed E-state index contributed by atoms with van der Waals surface area (Å²) < 4.78 is 11.4. The Morgan fingerprint density at radius 2 is 2.00 bits per heavy atom. The number of hydrogen-bond donors (Lipinski definition) is 0. The Morgan fingerprint density at radius 3 is 2.53 bits per heavy atom. The summed E-state index contributed by atoms with van der Waals surface area (Å²) in [7, 11) is -1.82. The molecule has 0 aliphatic carbocycles. The fraction of sp³-hybridized carbons (Fsp3) is 0.429. The van der Waals surface area contributed by atoms with E-state index >= 15 is 0 Å². The van der Waals surface area contributed by atoms with Crippen LogP contribution in [-0.4, -0.2) is 42.2 Å². The van der Waals surface area contributed by atoms with E-state index < -0.39 is 19.2 Å². The highest BCUT2D eigenvalue weighted by molar-refractivity contribution is 6.69. The van der Waals surface area contributed by atoms with Crippen LogP contribution in [0.1, 0.15) is 18.9 Å². The van der Waals surface area contributed by atoms with E-state index in [1.54, 1.807) is 0 Å². The lowest BCUT2D eigenvalue weighted by atomic mass is 9.83. The third-order valence-electron chi connectivity index (χ3n) is 5.14. The number of carbonyl (C=O) groups is 2. The van der Waals surface area contributed by atoms with Gasteiger partial charge in [-0.05, 0) is 44.3 Å². The van der Waals surface area contributed by atoms with Crippen molar-refractivity contribution < 1.29 is 23.7 Å². The molecule has 9 heteroatoms. The molecule has 1 aromatic carbocycles. The van der Waals surface area contributed by atoms with Gasteiger partial charge in [-0.25, -0.2) is 4.79 Å². The molecule has 8 nitrogen and oxygen atoms in total. The molecular formula is C21H24N2O6Si. The lowest BCUT2D eigenvalue weighted by Crippen LogP contribution is -2.63. The van der Waals surface area contributed by atoms with E-state index in [4.69, 9.17) is 15.6 Å². The number of amides is 1. The fourth-order valence-electron chi connectivity index (χ4n) is 3.94. The first-order chi connectivity index (χ1) is 14.0. The van der Waals surface area contributed by atoms with Crippen molar-refractivity contribution >= 4 is 25.9 Å². The van der Waals surface area contributed by atoms with Crippen molar-refractivity contribution in [1.82, 2.24) is 4.90 Å². The van der Waals surface area contributed by atoms with E-state index in [9.17, 15) is 19.7 Å². The number of rotatable bonds is 7. The van der Waals surface area contributed by atoms with E-state index in [1.807, 2.05) is 6.92 Å². The number of nitro benzene ring substituents is 1. The highest BCUT2D eigenvalue weighted by atomic mass is 28.4. The average Bonchev–Trinajstić information content (AvgIpc) is 2.99. The van der Waals surface area contributed by atoms with E-state index in [1.165, 1.54) is 29.2 Å². The molecule has 1 saturated heterocycles. The predicted octanol–water partition coefficient (Wildman–Crippen LogP) is 3.00. The van der Waals surface area contributed by atoms with Crippen molar-refractivity contribution in [3.8, 4) is 12.3 Å².